The van der Waals surface area contributed by atoms with Gasteiger partial charge in [0.05, 0.1) is 0 Å². The molecular formula is C20H30N4O2. The van der Waals surface area contributed by atoms with Gasteiger partial charge in [0.25, 0.3) is 0 Å². The zero-order valence-electron chi connectivity index (χ0n) is 16.1. The van der Waals surface area contributed by atoms with Gasteiger partial charge in [-0.05, 0) is 24.6 Å². The molecule has 2 aliphatic heterocycles. The van der Waals surface area contributed by atoms with Crippen molar-refractivity contribution in [1.82, 2.24) is 19.7 Å². The van der Waals surface area contributed by atoms with E-state index in [1.54, 1.807) is 0 Å². The van der Waals surface area contributed by atoms with E-state index in [9.17, 15) is 9.59 Å². The Morgan fingerprint density at radius 2 is 1.92 bits per heavy atom. The molecule has 3 heterocycles. The first-order valence-electron chi connectivity index (χ1n) is 9.60. The third-order valence-electron chi connectivity index (χ3n) is 5.52. The summed E-state index contributed by atoms with van der Waals surface area (Å²) in [6.07, 6.45) is 4.17. The van der Waals surface area contributed by atoms with Crippen molar-refractivity contribution in [2.24, 2.45) is 11.3 Å². The van der Waals surface area contributed by atoms with E-state index < -0.39 is 0 Å². The maximum atomic E-state index is 12.7. The van der Waals surface area contributed by atoms with Crippen LogP contribution in [0.25, 0.3) is 0 Å². The lowest BCUT2D eigenvalue weighted by Crippen LogP contribution is -2.45. The molecule has 0 radical (unpaired) electrons. The fourth-order valence-corrected chi connectivity index (χ4v) is 4.27. The number of rotatable bonds is 4. The largest absolute Gasteiger partial charge is 0.342 e. The smallest absolute Gasteiger partial charge is 0.225 e. The first kappa shape index (κ1) is 18.8. The van der Waals surface area contributed by atoms with E-state index in [1.807, 2.05) is 55.1 Å². The van der Waals surface area contributed by atoms with Gasteiger partial charge in [-0.25, -0.2) is 0 Å². The standard InChI is InChI=1S/C20H30N4O2/c1-4-23-14-20(11-18(23)25)13-22(12-17-5-7-21-8-6-17)9-10-24(15-20)19(26)16(2)3/h5-8,16H,4,9-15H2,1-3H3/t20-/m1/s1. The van der Waals surface area contributed by atoms with Gasteiger partial charge in [-0.2, -0.15) is 0 Å². The van der Waals surface area contributed by atoms with Gasteiger partial charge in [0.15, 0.2) is 0 Å². The van der Waals surface area contributed by atoms with Gasteiger partial charge in [-0.1, -0.05) is 13.8 Å². The van der Waals surface area contributed by atoms with Crippen molar-refractivity contribution in [1.29, 1.82) is 0 Å². The maximum Gasteiger partial charge on any atom is 0.225 e. The zero-order valence-corrected chi connectivity index (χ0v) is 16.1. The molecule has 1 spiro atoms. The van der Waals surface area contributed by atoms with E-state index in [0.717, 1.165) is 39.3 Å². The predicted molar refractivity (Wildman–Crippen MR) is 100 cm³/mol. The molecule has 2 saturated heterocycles. The molecule has 3 rings (SSSR count). The van der Waals surface area contributed by atoms with Crippen LogP contribution in [-0.2, 0) is 16.1 Å². The number of hydrogen-bond acceptors (Lipinski definition) is 4. The Hall–Kier alpha value is -1.95. The molecule has 0 unspecified atom stereocenters. The normalized spacial score (nSPS) is 24.5. The Kier molecular flexibility index (Phi) is 5.61. The fraction of sp³-hybridized carbons (Fsp3) is 0.650. The number of amides is 2. The number of pyridine rings is 1. The van der Waals surface area contributed by atoms with Crippen molar-refractivity contribution < 1.29 is 9.59 Å². The molecule has 0 aromatic carbocycles. The second kappa shape index (κ2) is 7.74. The van der Waals surface area contributed by atoms with Crippen LogP contribution in [0.4, 0.5) is 0 Å². The highest BCUT2D eigenvalue weighted by atomic mass is 16.2. The fourth-order valence-electron chi connectivity index (χ4n) is 4.27. The number of carbonyl (C=O) groups excluding carboxylic acids is 2. The van der Waals surface area contributed by atoms with Gasteiger partial charge in [0.2, 0.25) is 11.8 Å². The van der Waals surface area contributed by atoms with Crippen LogP contribution in [0, 0.1) is 11.3 Å². The molecule has 0 saturated carbocycles. The van der Waals surface area contributed by atoms with Gasteiger partial charge in [0, 0.05) is 76.0 Å². The summed E-state index contributed by atoms with van der Waals surface area (Å²) in [7, 11) is 0. The van der Waals surface area contributed by atoms with Crippen LogP contribution in [0.15, 0.2) is 24.5 Å². The number of aromatic nitrogens is 1. The molecule has 6 nitrogen and oxygen atoms in total. The summed E-state index contributed by atoms with van der Waals surface area (Å²) in [5.41, 5.74) is 1.05. The van der Waals surface area contributed by atoms with Gasteiger partial charge < -0.3 is 9.80 Å². The Labute approximate surface area is 156 Å². The lowest BCUT2D eigenvalue weighted by Gasteiger charge is -2.34. The van der Waals surface area contributed by atoms with E-state index in [1.165, 1.54) is 5.56 Å². The van der Waals surface area contributed by atoms with Crippen LogP contribution in [-0.4, -0.2) is 70.8 Å². The maximum absolute atomic E-state index is 12.7. The van der Waals surface area contributed by atoms with Gasteiger partial charge in [-0.3, -0.25) is 19.5 Å². The first-order chi connectivity index (χ1) is 12.4. The Balaban J connectivity index is 1.82. The van der Waals surface area contributed by atoms with E-state index in [2.05, 4.69) is 9.88 Å². The number of likely N-dealkylation sites (tertiary alicyclic amines) is 1. The summed E-state index contributed by atoms with van der Waals surface area (Å²) >= 11 is 0. The molecule has 2 amide bonds. The topological polar surface area (TPSA) is 56.8 Å². The summed E-state index contributed by atoms with van der Waals surface area (Å²) in [4.78, 5) is 35.6. The third kappa shape index (κ3) is 4.06. The van der Waals surface area contributed by atoms with Crippen molar-refractivity contribution in [3.05, 3.63) is 30.1 Å². The van der Waals surface area contributed by atoms with Gasteiger partial charge in [-0.15, -0.1) is 0 Å². The Bertz CT molecular complexity index is 648. The van der Waals surface area contributed by atoms with Crippen LogP contribution < -0.4 is 0 Å². The minimum Gasteiger partial charge on any atom is -0.342 e. The predicted octanol–water partition coefficient (Wildman–Crippen LogP) is 1.62. The number of carbonyl (C=O) groups is 2. The molecule has 1 aromatic rings. The molecule has 1 atom stereocenters. The molecule has 0 bridgehead atoms. The quantitative estimate of drug-likeness (QED) is 0.821. The molecule has 6 heteroatoms. The second-order valence-corrected chi connectivity index (χ2v) is 8.07. The highest BCUT2D eigenvalue weighted by molar-refractivity contribution is 5.81. The van der Waals surface area contributed by atoms with Crippen LogP contribution in [0.2, 0.25) is 0 Å². The van der Waals surface area contributed by atoms with Crippen molar-refractivity contribution >= 4 is 11.8 Å². The minimum atomic E-state index is -0.166. The van der Waals surface area contributed by atoms with Gasteiger partial charge >= 0.3 is 0 Å². The molecule has 0 N–H and O–H groups in total. The SMILES string of the molecule is CCN1C[C@@]2(CC1=O)CN(Cc1ccncc1)CCN(C(=O)C(C)C)C2. The van der Waals surface area contributed by atoms with Crippen LogP contribution >= 0.6 is 0 Å². The molecule has 0 aliphatic carbocycles. The summed E-state index contributed by atoms with van der Waals surface area (Å²) in [6.45, 7) is 11.3. The second-order valence-electron chi connectivity index (χ2n) is 8.07. The minimum absolute atomic E-state index is 0.0156. The Morgan fingerprint density at radius 3 is 2.54 bits per heavy atom. The molecule has 2 fully saturated rings. The lowest BCUT2D eigenvalue weighted by molar-refractivity contribution is -0.135. The summed E-state index contributed by atoms with van der Waals surface area (Å²) in [5, 5.41) is 0. The summed E-state index contributed by atoms with van der Waals surface area (Å²) in [5.74, 6) is 0.394. The highest BCUT2D eigenvalue weighted by Gasteiger charge is 2.46. The van der Waals surface area contributed by atoms with Crippen molar-refractivity contribution in [2.75, 3.05) is 39.3 Å². The summed E-state index contributed by atoms with van der Waals surface area (Å²) < 4.78 is 0. The molecule has 1 aromatic heterocycles. The van der Waals surface area contributed by atoms with Crippen LogP contribution in [0.5, 0.6) is 0 Å². The van der Waals surface area contributed by atoms with Crippen LogP contribution in [0.1, 0.15) is 32.8 Å². The van der Waals surface area contributed by atoms with Crippen molar-refractivity contribution in [3.63, 3.8) is 0 Å². The summed E-state index contributed by atoms with van der Waals surface area (Å²) in [6, 6.07) is 4.07. The zero-order chi connectivity index (χ0) is 18.7. The molecule has 26 heavy (non-hydrogen) atoms. The molecule has 2 aliphatic rings. The Morgan fingerprint density at radius 1 is 1.19 bits per heavy atom. The van der Waals surface area contributed by atoms with E-state index in [-0.39, 0.29) is 23.1 Å². The molecular weight excluding hydrogens is 328 g/mol. The highest BCUT2D eigenvalue weighted by Crippen LogP contribution is 2.35. The van der Waals surface area contributed by atoms with Crippen molar-refractivity contribution in [2.45, 2.75) is 33.7 Å². The van der Waals surface area contributed by atoms with E-state index in [4.69, 9.17) is 0 Å². The van der Waals surface area contributed by atoms with E-state index in [0.29, 0.717) is 13.0 Å². The number of hydrogen-bond donors (Lipinski definition) is 0. The van der Waals surface area contributed by atoms with Gasteiger partial charge in [0.1, 0.15) is 0 Å². The average Bonchev–Trinajstić information content (AvgIpc) is 2.82. The third-order valence-corrected chi connectivity index (χ3v) is 5.52. The lowest BCUT2D eigenvalue weighted by atomic mass is 9.85. The molecule has 142 valence electrons. The van der Waals surface area contributed by atoms with E-state index >= 15 is 0 Å². The van der Waals surface area contributed by atoms with Crippen molar-refractivity contribution in [3.8, 4) is 0 Å². The average molecular weight is 358 g/mol. The van der Waals surface area contributed by atoms with Crippen LogP contribution in [0.3, 0.4) is 0 Å². The monoisotopic (exact) mass is 358 g/mol. The number of nitrogens with zero attached hydrogens (tertiary/aromatic N) is 4. The first-order valence-corrected chi connectivity index (χ1v) is 9.60.